The van der Waals surface area contributed by atoms with Gasteiger partial charge in [0.1, 0.15) is 11.6 Å². The lowest BCUT2D eigenvalue weighted by Crippen LogP contribution is -2.38. The number of Topliss-reactive ketones (excluding diaryl/α,β-unsaturated/α-hetero) is 1. The molecule has 0 fully saturated rings. The van der Waals surface area contributed by atoms with Gasteiger partial charge in [-0.05, 0) is 36.9 Å². The van der Waals surface area contributed by atoms with Crippen molar-refractivity contribution in [3.05, 3.63) is 65.5 Å². The van der Waals surface area contributed by atoms with Gasteiger partial charge < -0.3 is 10.4 Å². The van der Waals surface area contributed by atoms with E-state index in [1.807, 2.05) is 6.92 Å². The Hall–Kier alpha value is -1.91. The van der Waals surface area contributed by atoms with E-state index in [1.165, 1.54) is 24.3 Å². The summed E-state index contributed by atoms with van der Waals surface area (Å²) in [6, 6.07) is 12.0. The number of carbonyl (C=O) groups excluding carboxylic acids is 1. The summed E-state index contributed by atoms with van der Waals surface area (Å²) in [5, 5.41) is 12.5. The van der Waals surface area contributed by atoms with E-state index in [-0.39, 0.29) is 35.7 Å². The summed E-state index contributed by atoms with van der Waals surface area (Å²) in [7, 11) is 1.70. The minimum atomic E-state index is -0.492. The molecule has 0 aliphatic heterocycles. The van der Waals surface area contributed by atoms with Crippen molar-refractivity contribution < 1.29 is 14.3 Å². The number of halogens is 2. The molecule has 0 bridgehead atoms. The Bertz CT molecular complexity index is 648. The summed E-state index contributed by atoms with van der Waals surface area (Å²) in [6.45, 7) is 1.87. The monoisotopic (exact) mass is 323 g/mol. The SMILES string of the molecule is CNC(C(=O)c1cccc(O)c1)C(C)c1cccc(F)c1.Cl. The predicted molar refractivity (Wildman–Crippen MR) is 87.3 cm³/mol. The second kappa shape index (κ2) is 7.92. The van der Waals surface area contributed by atoms with Gasteiger partial charge >= 0.3 is 0 Å². The largest absolute Gasteiger partial charge is 0.508 e. The molecule has 2 unspecified atom stereocenters. The van der Waals surface area contributed by atoms with E-state index in [4.69, 9.17) is 0 Å². The number of ketones is 1. The van der Waals surface area contributed by atoms with Crippen LogP contribution < -0.4 is 5.32 Å². The van der Waals surface area contributed by atoms with Crippen molar-refractivity contribution >= 4 is 18.2 Å². The van der Waals surface area contributed by atoms with Crippen LogP contribution in [0.5, 0.6) is 5.75 Å². The van der Waals surface area contributed by atoms with E-state index in [0.717, 1.165) is 5.56 Å². The molecule has 0 heterocycles. The highest BCUT2D eigenvalue weighted by Crippen LogP contribution is 2.23. The van der Waals surface area contributed by atoms with Crippen LogP contribution in [0.2, 0.25) is 0 Å². The summed E-state index contributed by atoms with van der Waals surface area (Å²) in [5.41, 5.74) is 1.18. The number of likely N-dealkylation sites (N-methyl/N-ethyl adjacent to an activating group) is 1. The lowest BCUT2D eigenvalue weighted by Gasteiger charge is -2.23. The van der Waals surface area contributed by atoms with E-state index in [0.29, 0.717) is 5.56 Å². The molecular weight excluding hydrogens is 305 g/mol. The fourth-order valence-corrected chi connectivity index (χ4v) is 2.43. The number of phenolic OH excluding ortho intramolecular Hbond substituents is 1. The van der Waals surface area contributed by atoms with E-state index < -0.39 is 6.04 Å². The maximum Gasteiger partial charge on any atom is 0.180 e. The number of rotatable bonds is 5. The smallest absolute Gasteiger partial charge is 0.180 e. The highest BCUT2D eigenvalue weighted by Gasteiger charge is 2.26. The number of phenols is 1. The van der Waals surface area contributed by atoms with E-state index >= 15 is 0 Å². The molecule has 2 aromatic carbocycles. The van der Waals surface area contributed by atoms with Crippen molar-refractivity contribution in [1.82, 2.24) is 5.32 Å². The number of aromatic hydroxyl groups is 1. The van der Waals surface area contributed by atoms with Crippen LogP contribution in [0.25, 0.3) is 0 Å². The molecule has 0 aromatic heterocycles. The third kappa shape index (κ3) is 4.06. The Labute approximate surface area is 135 Å². The number of nitrogens with one attached hydrogen (secondary N) is 1. The van der Waals surface area contributed by atoms with Crippen LogP contribution in [0, 0.1) is 5.82 Å². The van der Waals surface area contributed by atoms with Gasteiger partial charge in [-0.1, -0.05) is 31.2 Å². The van der Waals surface area contributed by atoms with Gasteiger partial charge in [0, 0.05) is 11.5 Å². The third-order valence-corrected chi connectivity index (χ3v) is 3.60. The van der Waals surface area contributed by atoms with Gasteiger partial charge in [-0.2, -0.15) is 0 Å². The summed E-state index contributed by atoms with van der Waals surface area (Å²) < 4.78 is 13.3. The van der Waals surface area contributed by atoms with Crippen molar-refractivity contribution in [1.29, 1.82) is 0 Å². The second-order valence-corrected chi connectivity index (χ2v) is 5.02. The summed E-state index contributed by atoms with van der Waals surface area (Å²) in [4.78, 5) is 12.6. The van der Waals surface area contributed by atoms with E-state index in [1.54, 1.807) is 31.3 Å². The zero-order valence-corrected chi connectivity index (χ0v) is 13.2. The van der Waals surface area contributed by atoms with E-state index in [9.17, 15) is 14.3 Å². The van der Waals surface area contributed by atoms with Gasteiger partial charge in [-0.25, -0.2) is 4.39 Å². The molecule has 2 N–H and O–H groups in total. The molecule has 0 aliphatic carbocycles. The van der Waals surface area contributed by atoms with Crippen LogP contribution in [0.1, 0.15) is 28.8 Å². The van der Waals surface area contributed by atoms with Crippen LogP contribution in [0.15, 0.2) is 48.5 Å². The first kappa shape index (κ1) is 18.1. The molecule has 3 nitrogen and oxygen atoms in total. The fraction of sp³-hybridized carbons (Fsp3) is 0.235. The molecule has 0 spiro atoms. The van der Waals surface area contributed by atoms with Crippen molar-refractivity contribution in [2.45, 2.75) is 18.9 Å². The highest BCUT2D eigenvalue weighted by molar-refractivity contribution is 6.01. The molecule has 0 aliphatic rings. The Morgan fingerprint density at radius 1 is 1.18 bits per heavy atom. The van der Waals surface area contributed by atoms with Crippen LogP contribution in [-0.2, 0) is 0 Å². The second-order valence-electron chi connectivity index (χ2n) is 5.02. The average molecular weight is 324 g/mol. The zero-order chi connectivity index (χ0) is 15.4. The summed E-state index contributed by atoms with van der Waals surface area (Å²) in [6.07, 6.45) is 0. The van der Waals surface area contributed by atoms with Gasteiger partial charge in [-0.3, -0.25) is 4.79 Å². The number of hydrogen-bond acceptors (Lipinski definition) is 3. The number of hydrogen-bond donors (Lipinski definition) is 2. The number of benzene rings is 2. The molecule has 0 radical (unpaired) electrons. The Morgan fingerprint density at radius 2 is 1.86 bits per heavy atom. The molecule has 5 heteroatoms. The molecular formula is C17H19ClFNO2. The fourth-order valence-electron chi connectivity index (χ4n) is 2.43. The first-order valence-corrected chi connectivity index (χ1v) is 6.79. The van der Waals surface area contributed by atoms with Gasteiger partial charge in [0.15, 0.2) is 5.78 Å². The van der Waals surface area contributed by atoms with Crippen LogP contribution >= 0.6 is 12.4 Å². The van der Waals surface area contributed by atoms with Crippen molar-refractivity contribution in [3.8, 4) is 5.75 Å². The summed E-state index contributed by atoms with van der Waals surface area (Å²) in [5.74, 6) is -0.598. The minimum Gasteiger partial charge on any atom is -0.508 e. The van der Waals surface area contributed by atoms with Crippen molar-refractivity contribution in [3.63, 3.8) is 0 Å². The molecule has 0 saturated carbocycles. The molecule has 2 rings (SSSR count). The molecule has 2 aromatic rings. The van der Waals surface area contributed by atoms with Gasteiger partial charge in [-0.15, -0.1) is 12.4 Å². The Morgan fingerprint density at radius 3 is 2.45 bits per heavy atom. The van der Waals surface area contributed by atoms with Crippen molar-refractivity contribution in [2.24, 2.45) is 0 Å². The Balaban J connectivity index is 0.00000242. The maximum atomic E-state index is 13.3. The summed E-state index contributed by atoms with van der Waals surface area (Å²) >= 11 is 0. The lowest BCUT2D eigenvalue weighted by molar-refractivity contribution is 0.0934. The van der Waals surface area contributed by atoms with Crippen LogP contribution in [0.3, 0.4) is 0 Å². The highest BCUT2D eigenvalue weighted by atomic mass is 35.5. The standard InChI is InChI=1S/C17H18FNO2.ClH/c1-11(12-5-3-7-14(18)9-12)16(19-2)17(21)13-6-4-8-15(20)10-13;/h3-11,16,19-20H,1-2H3;1H. The predicted octanol–water partition coefficient (Wildman–Crippen LogP) is 3.53. The third-order valence-electron chi connectivity index (χ3n) is 3.60. The van der Waals surface area contributed by atoms with Gasteiger partial charge in [0.2, 0.25) is 0 Å². The number of carbonyl (C=O) groups is 1. The molecule has 2 atom stereocenters. The molecule has 0 amide bonds. The zero-order valence-electron chi connectivity index (χ0n) is 12.4. The Kier molecular flexibility index (Phi) is 6.53. The van der Waals surface area contributed by atoms with Crippen LogP contribution in [-0.4, -0.2) is 24.0 Å². The maximum absolute atomic E-state index is 13.3. The lowest BCUT2D eigenvalue weighted by atomic mass is 9.88. The van der Waals surface area contributed by atoms with E-state index in [2.05, 4.69) is 5.32 Å². The molecule has 0 saturated heterocycles. The first-order chi connectivity index (χ1) is 10.0. The van der Waals surface area contributed by atoms with Crippen molar-refractivity contribution in [2.75, 3.05) is 7.05 Å². The molecule has 22 heavy (non-hydrogen) atoms. The normalized spacial score (nSPS) is 13.0. The van der Waals surface area contributed by atoms with Gasteiger partial charge in [0.25, 0.3) is 0 Å². The minimum absolute atomic E-state index is 0. The quantitative estimate of drug-likeness (QED) is 0.828. The topological polar surface area (TPSA) is 49.3 Å². The first-order valence-electron chi connectivity index (χ1n) is 6.79. The average Bonchev–Trinajstić information content (AvgIpc) is 2.47. The molecule has 118 valence electrons. The van der Waals surface area contributed by atoms with Crippen LogP contribution in [0.4, 0.5) is 4.39 Å². The van der Waals surface area contributed by atoms with Gasteiger partial charge in [0.05, 0.1) is 6.04 Å².